The Bertz CT molecular complexity index is 864. The van der Waals surface area contributed by atoms with Crippen LogP contribution in [0.1, 0.15) is 21.5 Å². The van der Waals surface area contributed by atoms with E-state index in [4.69, 9.17) is 11.6 Å². The van der Waals surface area contributed by atoms with Gasteiger partial charge in [0.25, 0.3) is 5.91 Å². The maximum absolute atomic E-state index is 12.2. The molecule has 0 atom stereocenters. The van der Waals surface area contributed by atoms with E-state index in [0.29, 0.717) is 22.9 Å². The van der Waals surface area contributed by atoms with Crippen molar-refractivity contribution < 1.29 is 4.79 Å². The Morgan fingerprint density at radius 1 is 1.08 bits per heavy atom. The summed E-state index contributed by atoms with van der Waals surface area (Å²) in [6, 6.07) is 18.9. The molecule has 0 aliphatic heterocycles. The van der Waals surface area contributed by atoms with Gasteiger partial charge in [0.1, 0.15) is 5.82 Å². The number of anilines is 2. The van der Waals surface area contributed by atoms with Crippen LogP contribution in [0.25, 0.3) is 0 Å². The number of benzene rings is 2. The standard InChI is InChI=1S/C20H18ClN3O/c1-14-11-17(21)8-9-18(14)24-19-10-7-16(13-22-19)20(25)23-12-15-5-3-2-4-6-15/h2-11,13H,12H2,1H3,(H,22,24)(H,23,25). The molecule has 0 radical (unpaired) electrons. The minimum atomic E-state index is -0.148. The Hall–Kier alpha value is -2.85. The summed E-state index contributed by atoms with van der Waals surface area (Å²) < 4.78 is 0. The minimum absolute atomic E-state index is 0.148. The van der Waals surface area contributed by atoms with Crippen LogP contribution < -0.4 is 10.6 Å². The highest BCUT2D eigenvalue weighted by Crippen LogP contribution is 2.22. The van der Waals surface area contributed by atoms with Crippen molar-refractivity contribution in [2.24, 2.45) is 0 Å². The Morgan fingerprint density at radius 3 is 2.56 bits per heavy atom. The lowest BCUT2D eigenvalue weighted by Crippen LogP contribution is -2.22. The smallest absolute Gasteiger partial charge is 0.253 e. The Kier molecular flexibility index (Phi) is 5.31. The molecule has 1 heterocycles. The molecule has 1 amide bonds. The van der Waals surface area contributed by atoms with Gasteiger partial charge in [-0.3, -0.25) is 4.79 Å². The zero-order chi connectivity index (χ0) is 17.6. The molecule has 25 heavy (non-hydrogen) atoms. The third kappa shape index (κ3) is 4.58. The normalized spacial score (nSPS) is 10.3. The van der Waals surface area contributed by atoms with Crippen molar-refractivity contribution in [3.8, 4) is 0 Å². The van der Waals surface area contributed by atoms with E-state index < -0.39 is 0 Å². The topological polar surface area (TPSA) is 54.0 Å². The first kappa shape index (κ1) is 17.0. The van der Waals surface area contributed by atoms with Crippen molar-refractivity contribution in [2.75, 3.05) is 5.32 Å². The van der Waals surface area contributed by atoms with Crippen LogP contribution in [0.4, 0.5) is 11.5 Å². The first-order valence-corrected chi connectivity index (χ1v) is 8.31. The molecule has 0 saturated carbocycles. The average Bonchev–Trinajstić information content (AvgIpc) is 2.63. The fourth-order valence-electron chi connectivity index (χ4n) is 2.39. The number of nitrogens with one attached hydrogen (secondary N) is 2. The molecule has 3 aromatic rings. The van der Waals surface area contributed by atoms with E-state index in [1.807, 2.05) is 55.5 Å². The van der Waals surface area contributed by atoms with Crippen molar-refractivity contribution in [1.29, 1.82) is 0 Å². The molecule has 0 spiro atoms. The lowest BCUT2D eigenvalue weighted by molar-refractivity contribution is 0.0950. The summed E-state index contributed by atoms with van der Waals surface area (Å²) in [6.45, 7) is 2.46. The molecule has 3 rings (SSSR count). The number of hydrogen-bond donors (Lipinski definition) is 2. The molecule has 4 nitrogen and oxygen atoms in total. The van der Waals surface area contributed by atoms with Crippen molar-refractivity contribution in [3.63, 3.8) is 0 Å². The number of aryl methyl sites for hydroxylation is 1. The number of halogens is 1. The lowest BCUT2D eigenvalue weighted by Gasteiger charge is -2.10. The van der Waals surface area contributed by atoms with Crippen molar-refractivity contribution >= 4 is 29.0 Å². The zero-order valence-corrected chi connectivity index (χ0v) is 14.5. The van der Waals surface area contributed by atoms with Crippen molar-refractivity contribution in [3.05, 3.63) is 88.6 Å². The first-order valence-electron chi connectivity index (χ1n) is 7.93. The second-order valence-electron chi connectivity index (χ2n) is 5.68. The van der Waals surface area contributed by atoms with Crippen molar-refractivity contribution in [1.82, 2.24) is 10.3 Å². The van der Waals surface area contributed by atoms with Crippen LogP contribution in [-0.4, -0.2) is 10.9 Å². The van der Waals surface area contributed by atoms with Gasteiger partial charge in [-0.25, -0.2) is 4.98 Å². The molecule has 1 aromatic heterocycles. The Morgan fingerprint density at radius 2 is 1.88 bits per heavy atom. The van der Waals surface area contributed by atoms with Gasteiger partial charge in [-0.05, 0) is 48.4 Å². The number of pyridine rings is 1. The molecular weight excluding hydrogens is 334 g/mol. The number of carbonyl (C=O) groups excluding carboxylic acids is 1. The average molecular weight is 352 g/mol. The second kappa shape index (κ2) is 7.81. The monoisotopic (exact) mass is 351 g/mol. The third-order valence-electron chi connectivity index (χ3n) is 3.77. The molecule has 0 bridgehead atoms. The molecule has 0 fully saturated rings. The molecule has 5 heteroatoms. The van der Waals surface area contributed by atoms with E-state index in [9.17, 15) is 4.79 Å². The number of amides is 1. The molecule has 0 aliphatic rings. The summed E-state index contributed by atoms with van der Waals surface area (Å²) in [7, 11) is 0. The number of aromatic nitrogens is 1. The van der Waals surface area contributed by atoms with Crippen LogP contribution in [0, 0.1) is 6.92 Å². The van der Waals surface area contributed by atoms with Gasteiger partial charge in [-0.1, -0.05) is 41.9 Å². The van der Waals surface area contributed by atoms with E-state index in [1.54, 1.807) is 18.3 Å². The fourth-order valence-corrected chi connectivity index (χ4v) is 2.61. The van der Waals surface area contributed by atoms with Crippen LogP contribution in [0.3, 0.4) is 0 Å². The van der Waals surface area contributed by atoms with Crippen molar-refractivity contribution in [2.45, 2.75) is 13.5 Å². The highest BCUT2D eigenvalue weighted by atomic mass is 35.5. The van der Waals surface area contributed by atoms with Gasteiger partial charge in [-0.2, -0.15) is 0 Å². The third-order valence-corrected chi connectivity index (χ3v) is 4.01. The summed E-state index contributed by atoms with van der Waals surface area (Å²) in [4.78, 5) is 16.5. The van der Waals surface area contributed by atoms with Gasteiger partial charge in [0.05, 0.1) is 5.56 Å². The van der Waals surface area contributed by atoms with E-state index >= 15 is 0 Å². The van der Waals surface area contributed by atoms with Crippen LogP contribution in [0.2, 0.25) is 5.02 Å². The van der Waals surface area contributed by atoms with Gasteiger partial charge in [0.2, 0.25) is 0 Å². The summed E-state index contributed by atoms with van der Waals surface area (Å²) in [5.74, 6) is 0.524. The highest BCUT2D eigenvalue weighted by molar-refractivity contribution is 6.30. The number of nitrogens with zero attached hydrogens (tertiary/aromatic N) is 1. The molecule has 2 N–H and O–H groups in total. The van der Waals surface area contributed by atoms with Gasteiger partial charge in [0.15, 0.2) is 0 Å². The highest BCUT2D eigenvalue weighted by Gasteiger charge is 2.07. The van der Waals surface area contributed by atoms with Gasteiger partial charge in [0, 0.05) is 23.5 Å². The van der Waals surface area contributed by atoms with Gasteiger partial charge >= 0.3 is 0 Å². The summed E-state index contributed by atoms with van der Waals surface area (Å²) in [5.41, 5.74) is 3.53. The van der Waals surface area contributed by atoms with Crippen LogP contribution in [0.5, 0.6) is 0 Å². The first-order chi connectivity index (χ1) is 12.1. The van der Waals surface area contributed by atoms with Crippen LogP contribution in [-0.2, 0) is 6.54 Å². The maximum atomic E-state index is 12.2. The summed E-state index contributed by atoms with van der Waals surface area (Å²) >= 11 is 5.96. The number of hydrogen-bond acceptors (Lipinski definition) is 3. The minimum Gasteiger partial charge on any atom is -0.348 e. The van der Waals surface area contributed by atoms with E-state index in [0.717, 1.165) is 16.8 Å². The van der Waals surface area contributed by atoms with E-state index in [2.05, 4.69) is 15.6 Å². The Labute approximate surface area is 151 Å². The SMILES string of the molecule is Cc1cc(Cl)ccc1Nc1ccc(C(=O)NCc2ccccc2)cn1. The molecule has 0 saturated heterocycles. The fraction of sp³-hybridized carbons (Fsp3) is 0.100. The van der Waals surface area contributed by atoms with Gasteiger partial charge in [-0.15, -0.1) is 0 Å². The quantitative estimate of drug-likeness (QED) is 0.699. The molecule has 2 aromatic carbocycles. The Balaban J connectivity index is 1.62. The predicted octanol–water partition coefficient (Wildman–Crippen LogP) is 4.72. The van der Waals surface area contributed by atoms with E-state index in [1.165, 1.54) is 0 Å². The molecule has 0 aliphatic carbocycles. The van der Waals surface area contributed by atoms with E-state index in [-0.39, 0.29) is 5.91 Å². The second-order valence-corrected chi connectivity index (χ2v) is 6.12. The molecule has 126 valence electrons. The molecular formula is C20H18ClN3O. The number of rotatable bonds is 5. The van der Waals surface area contributed by atoms with Gasteiger partial charge < -0.3 is 10.6 Å². The number of carbonyl (C=O) groups is 1. The zero-order valence-electron chi connectivity index (χ0n) is 13.8. The van der Waals surface area contributed by atoms with Crippen LogP contribution in [0.15, 0.2) is 66.9 Å². The molecule has 0 unspecified atom stereocenters. The lowest BCUT2D eigenvalue weighted by atomic mass is 10.2. The largest absolute Gasteiger partial charge is 0.348 e. The maximum Gasteiger partial charge on any atom is 0.253 e. The predicted molar refractivity (Wildman–Crippen MR) is 101 cm³/mol. The summed E-state index contributed by atoms with van der Waals surface area (Å²) in [5, 5.41) is 6.80. The summed E-state index contributed by atoms with van der Waals surface area (Å²) in [6.07, 6.45) is 1.56. The van der Waals surface area contributed by atoms with Crippen LogP contribution >= 0.6 is 11.6 Å².